The Morgan fingerprint density at radius 1 is 1.65 bits per heavy atom. The second-order valence-electron chi connectivity index (χ2n) is 4.93. The van der Waals surface area contributed by atoms with Crippen molar-refractivity contribution in [3.05, 3.63) is 23.6 Å². The number of hydrogen-bond donors (Lipinski definition) is 2. The van der Waals surface area contributed by atoms with Crippen LogP contribution in [0.4, 0.5) is 10.2 Å². The minimum absolute atomic E-state index is 0.0580. The van der Waals surface area contributed by atoms with Crippen LogP contribution in [0.25, 0.3) is 0 Å². The molecule has 0 aromatic carbocycles. The van der Waals surface area contributed by atoms with E-state index < -0.39 is 5.82 Å². The molecular formula is C12H16FN3O. The van der Waals surface area contributed by atoms with Crippen molar-refractivity contribution in [2.24, 2.45) is 5.41 Å². The lowest BCUT2D eigenvalue weighted by molar-refractivity contribution is 0.0891. The van der Waals surface area contributed by atoms with Crippen molar-refractivity contribution in [1.29, 1.82) is 0 Å². The molecule has 0 aliphatic heterocycles. The molecule has 1 amide bonds. The van der Waals surface area contributed by atoms with E-state index in [-0.39, 0.29) is 22.7 Å². The van der Waals surface area contributed by atoms with E-state index >= 15 is 0 Å². The summed E-state index contributed by atoms with van der Waals surface area (Å²) in [6.07, 6.45) is 4.43. The normalized spacial score (nSPS) is 17.3. The highest BCUT2D eigenvalue weighted by atomic mass is 19.1. The summed E-state index contributed by atoms with van der Waals surface area (Å²) in [6.45, 7) is 2.73. The van der Waals surface area contributed by atoms with Crippen molar-refractivity contribution in [1.82, 2.24) is 10.3 Å². The Morgan fingerprint density at radius 2 is 2.35 bits per heavy atom. The van der Waals surface area contributed by atoms with Crippen molar-refractivity contribution < 1.29 is 9.18 Å². The van der Waals surface area contributed by atoms with Crippen molar-refractivity contribution in [3.63, 3.8) is 0 Å². The smallest absolute Gasteiger partial charge is 0.255 e. The van der Waals surface area contributed by atoms with Gasteiger partial charge >= 0.3 is 0 Å². The summed E-state index contributed by atoms with van der Waals surface area (Å²) in [5.41, 5.74) is 5.83. The molecule has 3 N–H and O–H groups in total. The summed E-state index contributed by atoms with van der Waals surface area (Å²) < 4.78 is 13.0. The molecule has 1 aromatic rings. The fraction of sp³-hybridized carbons (Fsp3) is 0.500. The zero-order valence-corrected chi connectivity index (χ0v) is 9.79. The van der Waals surface area contributed by atoms with Gasteiger partial charge in [-0.3, -0.25) is 4.79 Å². The first-order chi connectivity index (χ1) is 8.00. The predicted molar refractivity (Wildman–Crippen MR) is 62.9 cm³/mol. The number of pyridine rings is 1. The van der Waals surface area contributed by atoms with Crippen LogP contribution in [0.5, 0.6) is 0 Å². The Balaban J connectivity index is 2.01. The van der Waals surface area contributed by atoms with Crippen molar-refractivity contribution in [2.75, 3.05) is 12.3 Å². The average Bonchev–Trinajstić information content (AvgIpc) is 2.26. The van der Waals surface area contributed by atoms with Gasteiger partial charge in [-0.2, -0.15) is 0 Å². The van der Waals surface area contributed by atoms with E-state index in [0.717, 1.165) is 25.1 Å². The number of hydrogen-bond acceptors (Lipinski definition) is 3. The number of amides is 1. The number of carbonyl (C=O) groups excluding carboxylic acids is 1. The van der Waals surface area contributed by atoms with Crippen LogP contribution in [-0.4, -0.2) is 17.4 Å². The molecule has 4 nitrogen and oxygen atoms in total. The maximum atomic E-state index is 13.0. The molecule has 0 spiro atoms. The van der Waals surface area contributed by atoms with Crippen LogP contribution in [0.2, 0.25) is 0 Å². The summed E-state index contributed by atoms with van der Waals surface area (Å²) >= 11 is 0. The number of carbonyl (C=O) groups is 1. The molecule has 1 heterocycles. The van der Waals surface area contributed by atoms with Gasteiger partial charge in [0.05, 0.1) is 11.8 Å². The number of nitrogens with two attached hydrogens (primary N) is 1. The molecule has 2 rings (SSSR count). The van der Waals surface area contributed by atoms with Gasteiger partial charge in [-0.25, -0.2) is 9.37 Å². The summed E-state index contributed by atoms with van der Waals surface area (Å²) in [4.78, 5) is 15.4. The monoisotopic (exact) mass is 237 g/mol. The first-order valence-electron chi connectivity index (χ1n) is 5.69. The lowest BCUT2D eigenvalue weighted by atomic mass is 9.70. The molecule has 0 bridgehead atoms. The van der Waals surface area contributed by atoms with Gasteiger partial charge in [0.15, 0.2) is 0 Å². The second-order valence-corrected chi connectivity index (χ2v) is 4.93. The van der Waals surface area contributed by atoms with Crippen molar-refractivity contribution >= 4 is 11.7 Å². The van der Waals surface area contributed by atoms with Gasteiger partial charge in [0, 0.05) is 6.54 Å². The molecule has 1 aromatic heterocycles. The molecule has 0 atom stereocenters. The summed E-state index contributed by atoms with van der Waals surface area (Å²) in [5, 5.41) is 2.78. The summed E-state index contributed by atoms with van der Waals surface area (Å²) in [5.74, 6) is -0.857. The molecule has 1 fully saturated rings. The Labute approximate surface area is 99.4 Å². The SMILES string of the molecule is CC1(CNC(=O)c2cc(F)cnc2N)CCC1. The van der Waals surface area contributed by atoms with E-state index in [1.807, 2.05) is 0 Å². The zero-order chi connectivity index (χ0) is 12.5. The van der Waals surface area contributed by atoms with Crippen LogP contribution in [0.15, 0.2) is 12.3 Å². The largest absolute Gasteiger partial charge is 0.383 e. The van der Waals surface area contributed by atoms with E-state index in [1.165, 1.54) is 6.42 Å². The quantitative estimate of drug-likeness (QED) is 0.841. The predicted octanol–water partition coefficient (Wildman–Crippen LogP) is 1.72. The van der Waals surface area contributed by atoms with Crippen molar-refractivity contribution in [3.8, 4) is 0 Å². The minimum atomic E-state index is -0.556. The van der Waals surface area contributed by atoms with Crippen LogP contribution in [-0.2, 0) is 0 Å². The van der Waals surface area contributed by atoms with Gasteiger partial charge < -0.3 is 11.1 Å². The molecule has 92 valence electrons. The summed E-state index contributed by atoms with van der Waals surface area (Å²) in [6, 6.07) is 1.11. The number of rotatable bonds is 3. The summed E-state index contributed by atoms with van der Waals surface area (Å²) in [7, 11) is 0. The number of nitrogens with one attached hydrogen (secondary N) is 1. The van der Waals surface area contributed by atoms with Crippen LogP contribution in [0.1, 0.15) is 36.5 Å². The first-order valence-corrected chi connectivity index (χ1v) is 5.69. The lowest BCUT2D eigenvalue weighted by Gasteiger charge is -2.38. The van der Waals surface area contributed by atoms with Gasteiger partial charge in [-0.05, 0) is 24.3 Å². The van der Waals surface area contributed by atoms with Crippen LogP contribution >= 0.6 is 0 Å². The maximum Gasteiger partial charge on any atom is 0.255 e. The van der Waals surface area contributed by atoms with Crippen LogP contribution in [0.3, 0.4) is 0 Å². The Kier molecular flexibility index (Phi) is 3.00. The first kappa shape index (κ1) is 11.8. The van der Waals surface area contributed by atoms with Crippen LogP contribution in [0, 0.1) is 11.2 Å². The third-order valence-corrected chi connectivity index (χ3v) is 3.37. The highest BCUT2D eigenvalue weighted by Gasteiger charge is 2.32. The van der Waals surface area contributed by atoms with E-state index in [1.54, 1.807) is 0 Å². The van der Waals surface area contributed by atoms with Gasteiger partial charge in [-0.1, -0.05) is 13.3 Å². The molecule has 1 aliphatic rings. The maximum absolute atomic E-state index is 13.0. The van der Waals surface area contributed by atoms with Crippen LogP contribution < -0.4 is 11.1 Å². The number of nitrogen functional groups attached to an aromatic ring is 1. The van der Waals surface area contributed by atoms with Gasteiger partial charge in [0.2, 0.25) is 0 Å². The average molecular weight is 237 g/mol. The minimum Gasteiger partial charge on any atom is -0.383 e. The second kappa shape index (κ2) is 4.31. The number of anilines is 1. The standard InChI is InChI=1S/C12H16FN3O/c1-12(3-2-4-12)7-16-11(17)9-5-8(13)6-15-10(9)14/h5-6H,2-4,7H2,1H3,(H2,14,15)(H,16,17). The molecule has 17 heavy (non-hydrogen) atoms. The number of aromatic nitrogens is 1. The highest BCUT2D eigenvalue weighted by Crippen LogP contribution is 2.39. The van der Waals surface area contributed by atoms with Crippen molar-refractivity contribution in [2.45, 2.75) is 26.2 Å². The lowest BCUT2D eigenvalue weighted by Crippen LogP contribution is -2.40. The third-order valence-electron chi connectivity index (χ3n) is 3.37. The highest BCUT2D eigenvalue weighted by molar-refractivity contribution is 5.98. The molecule has 0 saturated heterocycles. The molecule has 0 radical (unpaired) electrons. The zero-order valence-electron chi connectivity index (χ0n) is 9.79. The Morgan fingerprint density at radius 3 is 2.94 bits per heavy atom. The fourth-order valence-electron chi connectivity index (χ4n) is 1.98. The molecule has 1 saturated carbocycles. The Hall–Kier alpha value is -1.65. The third kappa shape index (κ3) is 2.54. The molecule has 0 unspecified atom stereocenters. The van der Waals surface area contributed by atoms with Gasteiger partial charge in [0.1, 0.15) is 11.6 Å². The van der Waals surface area contributed by atoms with E-state index in [2.05, 4.69) is 17.2 Å². The topological polar surface area (TPSA) is 68.0 Å². The van der Waals surface area contributed by atoms with Gasteiger partial charge in [-0.15, -0.1) is 0 Å². The Bertz CT molecular complexity index is 443. The number of nitrogens with zero attached hydrogens (tertiary/aromatic N) is 1. The molecule has 5 heteroatoms. The molecule has 1 aliphatic carbocycles. The van der Waals surface area contributed by atoms with E-state index in [4.69, 9.17) is 5.73 Å². The van der Waals surface area contributed by atoms with Gasteiger partial charge in [0.25, 0.3) is 5.91 Å². The van der Waals surface area contributed by atoms with E-state index in [0.29, 0.717) is 6.54 Å². The molecular weight excluding hydrogens is 221 g/mol. The fourth-order valence-corrected chi connectivity index (χ4v) is 1.98. The van der Waals surface area contributed by atoms with E-state index in [9.17, 15) is 9.18 Å². The number of halogens is 1.